The van der Waals surface area contributed by atoms with Crippen LogP contribution in [0.1, 0.15) is 13.3 Å². The van der Waals surface area contributed by atoms with Crippen LogP contribution in [0.3, 0.4) is 0 Å². The average molecular weight is 248 g/mol. The number of rotatable bonds is 6. The van der Waals surface area contributed by atoms with Crippen molar-refractivity contribution in [3.05, 3.63) is 0 Å². The Morgan fingerprint density at radius 3 is 2.46 bits per heavy atom. The third-order valence-corrected chi connectivity index (χ3v) is 4.75. The Hall–Kier alpha value is 0.350. The van der Waals surface area contributed by atoms with E-state index in [9.17, 15) is 12.6 Å². The molecule has 0 radical (unpaired) electrons. The molecule has 0 aliphatic rings. The molecule has 0 spiro atoms. The molecule has 80 valence electrons. The predicted octanol–water partition coefficient (Wildman–Crippen LogP) is 0.259. The first-order valence-corrected chi connectivity index (χ1v) is 7.55. The Labute approximate surface area is 86.6 Å². The Balaban J connectivity index is 3.75. The first-order valence-electron chi connectivity index (χ1n) is 3.74. The summed E-state index contributed by atoms with van der Waals surface area (Å²) in [5, 5.41) is -0.436. The monoisotopic (exact) mass is 247 g/mol. The van der Waals surface area contributed by atoms with E-state index in [2.05, 4.69) is 4.72 Å². The Morgan fingerprint density at radius 2 is 2.08 bits per heavy atom. The molecule has 0 saturated heterocycles. The highest BCUT2D eigenvalue weighted by molar-refractivity contribution is 7.90. The summed E-state index contributed by atoms with van der Waals surface area (Å²) in [6.45, 7) is 2.10. The molecule has 7 heteroatoms. The molecule has 0 heterocycles. The molecule has 0 amide bonds. The highest BCUT2D eigenvalue weighted by atomic mass is 35.5. The van der Waals surface area contributed by atoms with E-state index in [0.717, 1.165) is 0 Å². The summed E-state index contributed by atoms with van der Waals surface area (Å²) in [6.07, 6.45) is 2.15. The van der Waals surface area contributed by atoms with Gasteiger partial charge in [-0.05, 0) is 6.42 Å². The zero-order valence-electron chi connectivity index (χ0n) is 7.62. The van der Waals surface area contributed by atoms with E-state index in [0.29, 0.717) is 6.42 Å². The van der Waals surface area contributed by atoms with Crippen LogP contribution in [0.2, 0.25) is 0 Å². The lowest BCUT2D eigenvalue weighted by atomic mass is 10.3. The molecular weight excluding hydrogens is 234 g/mol. The predicted molar refractivity (Wildman–Crippen MR) is 55.8 cm³/mol. The van der Waals surface area contributed by atoms with Gasteiger partial charge in [0.25, 0.3) is 0 Å². The fourth-order valence-corrected chi connectivity index (χ4v) is 1.81. The van der Waals surface area contributed by atoms with Gasteiger partial charge in [0.15, 0.2) is 0 Å². The lowest BCUT2D eigenvalue weighted by molar-refractivity contribution is 0.582. The van der Waals surface area contributed by atoms with Crippen molar-refractivity contribution in [1.29, 1.82) is 0 Å². The summed E-state index contributed by atoms with van der Waals surface area (Å²) >= 11 is 5.16. The van der Waals surface area contributed by atoms with Crippen LogP contribution in [-0.4, -0.2) is 35.9 Å². The van der Waals surface area contributed by atoms with Crippen LogP contribution in [0.25, 0.3) is 0 Å². The summed E-state index contributed by atoms with van der Waals surface area (Å²) in [4.78, 5) is 0. The maximum Gasteiger partial charge on any atom is 0.225 e. The van der Waals surface area contributed by atoms with Crippen LogP contribution in [-0.2, 0) is 20.8 Å². The number of hydrogen-bond acceptors (Lipinski definition) is 3. The van der Waals surface area contributed by atoms with Crippen molar-refractivity contribution in [1.82, 2.24) is 4.72 Å². The highest BCUT2D eigenvalue weighted by Crippen LogP contribution is 1.98. The molecule has 2 unspecified atom stereocenters. The van der Waals surface area contributed by atoms with Crippen molar-refractivity contribution in [3.8, 4) is 0 Å². The minimum absolute atomic E-state index is 0.00183. The van der Waals surface area contributed by atoms with E-state index in [1.54, 1.807) is 6.26 Å². The van der Waals surface area contributed by atoms with Gasteiger partial charge in [-0.25, -0.2) is 13.1 Å². The second-order valence-corrected chi connectivity index (χ2v) is 6.91. The normalized spacial score (nSPS) is 16.8. The minimum Gasteiger partial charge on any atom is -0.260 e. The van der Waals surface area contributed by atoms with Crippen LogP contribution in [0.5, 0.6) is 0 Å². The maximum atomic E-state index is 10.9. The number of alkyl halides is 1. The number of nitrogens with one attached hydrogen (secondary N) is 1. The largest absolute Gasteiger partial charge is 0.260 e. The van der Waals surface area contributed by atoms with E-state index in [1.807, 2.05) is 6.92 Å². The van der Waals surface area contributed by atoms with Gasteiger partial charge >= 0.3 is 0 Å². The fourth-order valence-electron chi connectivity index (χ4n) is 0.622. The average Bonchev–Trinajstić information content (AvgIpc) is 2.04. The minimum atomic E-state index is -3.32. The van der Waals surface area contributed by atoms with E-state index in [1.165, 1.54) is 0 Å². The third kappa shape index (κ3) is 6.42. The maximum absolute atomic E-state index is 10.9. The molecule has 0 aromatic rings. The Bertz CT molecular complexity index is 265. The number of hydrogen-bond donors (Lipinski definition) is 1. The van der Waals surface area contributed by atoms with Crippen molar-refractivity contribution in [2.75, 3.05) is 18.0 Å². The summed E-state index contributed by atoms with van der Waals surface area (Å²) in [5.74, 6) is 0. The molecule has 4 nitrogen and oxygen atoms in total. The lowest BCUT2D eigenvalue weighted by Gasteiger charge is -2.08. The van der Waals surface area contributed by atoms with Gasteiger partial charge in [-0.1, -0.05) is 6.92 Å². The van der Waals surface area contributed by atoms with E-state index in [-0.39, 0.29) is 11.8 Å². The molecule has 0 aliphatic heterocycles. The molecule has 0 bridgehead atoms. The third-order valence-electron chi connectivity index (χ3n) is 1.58. The smallest absolute Gasteiger partial charge is 0.225 e. The van der Waals surface area contributed by atoms with Gasteiger partial charge in [-0.2, -0.15) is 0 Å². The first kappa shape index (κ1) is 13.4. The first-order chi connectivity index (χ1) is 5.89. The quantitative estimate of drug-likeness (QED) is 0.685. The zero-order valence-corrected chi connectivity index (χ0v) is 10.0. The van der Waals surface area contributed by atoms with E-state index in [4.69, 9.17) is 11.6 Å². The molecule has 0 aromatic heterocycles. The van der Waals surface area contributed by atoms with Crippen LogP contribution in [0.4, 0.5) is 0 Å². The second kappa shape index (κ2) is 5.95. The molecule has 0 rings (SSSR count). The Morgan fingerprint density at radius 1 is 1.54 bits per heavy atom. The molecule has 13 heavy (non-hydrogen) atoms. The van der Waals surface area contributed by atoms with E-state index < -0.39 is 26.0 Å². The van der Waals surface area contributed by atoms with Gasteiger partial charge in [-0.15, -0.1) is 11.6 Å². The zero-order chi connectivity index (χ0) is 10.5. The van der Waals surface area contributed by atoms with Gasteiger partial charge in [-0.3, -0.25) is 4.21 Å². The fraction of sp³-hybridized carbons (Fsp3) is 1.00. The molecule has 0 fully saturated rings. The SMILES string of the molecule is CC(CCNS(=O)(=O)CCl)S(C)=O. The lowest BCUT2D eigenvalue weighted by Crippen LogP contribution is -2.28. The topological polar surface area (TPSA) is 63.2 Å². The van der Waals surface area contributed by atoms with Crippen molar-refractivity contribution in [2.24, 2.45) is 0 Å². The molecule has 2 atom stereocenters. The van der Waals surface area contributed by atoms with Gasteiger partial charge in [0.1, 0.15) is 5.21 Å². The van der Waals surface area contributed by atoms with Gasteiger partial charge in [0, 0.05) is 28.9 Å². The summed E-state index contributed by atoms with van der Waals surface area (Å²) in [7, 11) is -4.23. The van der Waals surface area contributed by atoms with Crippen LogP contribution in [0.15, 0.2) is 0 Å². The molecule has 0 saturated carbocycles. The summed E-state index contributed by atoms with van der Waals surface area (Å²) in [5.41, 5.74) is 0. The number of halogens is 1. The Kier molecular flexibility index (Phi) is 6.11. The molecule has 0 aromatic carbocycles. The van der Waals surface area contributed by atoms with Crippen LogP contribution >= 0.6 is 11.6 Å². The van der Waals surface area contributed by atoms with Crippen molar-refractivity contribution < 1.29 is 12.6 Å². The van der Waals surface area contributed by atoms with Gasteiger partial charge in [0.2, 0.25) is 10.0 Å². The molecular formula is C6H14ClNO3S2. The highest BCUT2D eigenvalue weighted by Gasteiger charge is 2.09. The molecule has 0 aliphatic carbocycles. The van der Waals surface area contributed by atoms with Crippen LogP contribution in [0, 0.1) is 0 Å². The summed E-state index contributed by atoms with van der Waals surface area (Å²) in [6, 6.07) is 0. The summed E-state index contributed by atoms with van der Waals surface area (Å²) < 4.78 is 34.8. The second-order valence-electron chi connectivity index (χ2n) is 2.72. The standard InChI is InChI=1S/C6H14ClNO3S2/c1-6(12(2)9)3-4-8-13(10,11)5-7/h6,8H,3-5H2,1-2H3. The molecule has 1 N–H and O–H groups in total. The van der Waals surface area contributed by atoms with Gasteiger partial charge < -0.3 is 0 Å². The van der Waals surface area contributed by atoms with Crippen molar-refractivity contribution in [2.45, 2.75) is 18.6 Å². The van der Waals surface area contributed by atoms with Gasteiger partial charge in [0.05, 0.1) is 0 Å². The van der Waals surface area contributed by atoms with Crippen LogP contribution < -0.4 is 4.72 Å². The number of sulfonamides is 1. The van der Waals surface area contributed by atoms with E-state index >= 15 is 0 Å². The van der Waals surface area contributed by atoms with Crippen molar-refractivity contribution in [3.63, 3.8) is 0 Å². The van der Waals surface area contributed by atoms with Crippen molar-refractivity contribution >= 4 is 32.4 Å².